The minimum atomic E-state index is -0.371. The summed E-state index contributed by atoms with van der Waals surface area (Å²) in [5.74, 6) is -0.640. The number of nitrogens with zero attached hydrogens (tertiary/aromatic N) is 3. The third-order valence-corrected chi connectivity index (χ3v) is 4.06. The van der Waals surface area contributed by atoms with Crippen molar-refractivity contribution in [2.75, 3.05) is 0 Å². The van der Waals surface area contributed by atoms with E-state index in [9.17, 15) is 9.59 Å². The van der Waals surface area contributed by atoms with Crippen LogP contribution in [0.1, 0.15) is 16.9 Å². The molecule has 1 aromatic carbocycles. The van der Waals surface area contributed by atoms with Crippen molar-refractivity contribution in [3.8, 4) is 0 Å². The molecule has 8 heteroatoms. The first-order valence-electron chi connectivity index (χ1n) is 7.35. The minimum Gasteiger partial charge on any atom is -0.345 e. The third kappa shape index (κ3) is 3.48. The summed E-state index contributed by atoms with van der Waals surface area (Å²) in [5.41, 5.74) is 7.15. The lowest BCUT2D eigenvalue weighted by molar-refractivity contribution is -0.122. The van der Waals surface area contributed by atoms with Crippen LogP contribution in [-0.2, 0) is 18.4 Å². The highest BCUT2D eigenvalue weighted by Gasteiger charge is 2.12. The zero-order valence-corrected chi connectivity index (χ0v) is 14.6. The number of hydrogen-bond acceptors (Lipinski definition) is 3. The molecule has 0 saturated heterocycles. The summed E-state index contributed by atoms with van der Waals surface area (Å²) in [7, 11) is 1.76. The van der Waals surface area contributed by atoms with Crippen LogP contribution in [-0.4, -0.2) is 25.9 Å². The highest BCUT2D eigenvalue weighted by Crippen LogP contribution is 2.13. The molecule has 0 spiro atoms. The first-order valence-corrected chi connectivity index (χ1v) is 8.15. The maximum atomic E-state index is 12.0. The van der Waals surface area contributed by atoms with Crippen LogP contribution in [0, 0.1) is 0 Å². The Morgan fingerprint density at radius 2 is 2.04 bits per heavy atom. The highest BCUT2D eigenvalue weighted by atomic mass is 79.9. The van der Waals surface area contributed by atoms with E-state index < -0.39 is 0 Å². The minimum absolute atomic E-state index is 0.234. The molecule has 0 bridgehead atoms. The predicted octanol–water partition coefficient (Wildman–Crippen LogP) is 1.99. The first-order chi connectivity index (χ1) is 11.5. The van der Waals surface area contributed by atoms with Gasteiger partial charge in [-0.25, -0.2) is 4.98 Å². The number of hydrazine groups is 1. The molecule has 3 aromatic rings. The van der Waals surface area contributed by atoms with E-state index in [1.54, 1.807) is 30.2 Å². The maximum absolute atomic E-state index is 12.0. The molecule has 0 aliphatic carbocycles. The molecule has 2 N–H and O–H groups in total. The van der Waals surface area contributed by atoms with E-state index in [0.717, 1.165) is 15.5 Å². The van der Waals surface area contributed by atoms with Crippen molar-refractivity contribution in [1.29, 1.82) is 0 Å². The van der Waals surface area contributed by atoms with Gasteiger partial charge in [0.2, 0.25) is 5.91 Å². The largest absolute Gasteiger partial charge is 0.345 e. The molecule has 0 saturated carbocycles. The Hall–Kier alpha value is -2.61. The lowest BCUT2D eigenvalue weighted by Crippen LogP contribution is -2.42. The predicted molar refractivity (Wildman–Crippen MR) is 93.1 cm³/mol. The summed E-state index contributed by atoms with van der Waals surface area (Å²) >= 11 is 3.30. The van der Waals surface area contributed by atoms with E-state index in [2.05, 4.69) is 31.8 Å². The van der Waals surface area contributed by atoms with E-state index in [0.29, 0.717) is 12.2 Å². The van der Waals surface area contributed by atoms with E-state index in [-0.39, 0.29) is 18.2 Å². The Kier molecular flexibility index (Phi) is 4.66. The lowest BCUT2D eigenvalue weighted by Gasteiger charge is -2.08. The number of fused-ring (bicyclic) bond motifs is 1. The van der Waals surface area contributed by atoms with Crippen LogP contribution in [0.3, 0.4) is 0 Å². The number of rotatable bonds is 4. The van der Waals surface area contributed by atoms with Crippen LogP contribution in [0.2, 0.25) is 0 Å². The van der Waals surface area contributed by atoms with Crippen molar-refractivity contribution < 1.29 is 9.59 Å². The molecule has 3 rings (SSSR count). The molecule has 0 fully saturated rings. The average Bonchev–Trinajstić information content (AvgIpc) is 3.13. The molecule has 0 aliphatic heterocycles. The number of hydrogen-bond donors (Lipinski definition) is 2. The molecule has 2 amide bonds. The van der Waals surface area contributed by atoms with Gasteiger partial charge >= 0.3 is 0 Å². The summed E-state index contributed by atoms with van der Waals surface area (Å²) < 4.78 is 4.38. The van der Waals surface area contributed by atoms with Crippen LogP contribution >= 0.6 is 15.9 Å². The summed E-state index contributed by atoms with van der Waals surface area (Å²) in [6.07, 6.45) is 3.70. The molecule has 0 aliphatic rings. The van der Waals surface area contributed by atoms with Crippen molar-refractivity contribution >= 4 is 38.8 Å². The molecule has 0 radical (unpaired) electrons. The van der Waals surface area contributed by atoms with Gasteiger partial charge in [-0.15, -0.1) is 0 Å². The fourth-order valence-corrected chi connectivity index (χ4v) is 2.94. The third-order valence-electron chi connectivity index (χ3n) is 3.63. The molecule has 2 heterocycles. The Morgan fingerprint density at radius 1 is 1.25 bits per heavy atom. The van der Waals surface area contributed by atoms with Crippen molar-refractivity contribution in [2.24, 2.45) is 7.05 Å². The summed E-state index contributed by atoms with van der Waals surface area (Å²) in [6.45, 7) is 0.484. The van der Waals surface area contributed by atoms with Crippen LogP contribution < -0.4 is 10.9 Å². The van der Waals surface area contributed by atoms with Gasteiger partial charge < -0.3 is 9.13 Å². The molecule has 0 atom stereocenters. The SMILES string of the molecule is Cn1cc(Br)cc1C(=O)NNC(=O)CCn1cnc2ccccc21. The van der Waals surface area contributed by atoms with Crippen LogP contribution in [0.25, 0.3) is 11.0 Å². The summed E-state index contributed by atoms with van der Waals surface area (Å²) in [6, 6.07) is 9.40. The number of aryl methyl sites for hydroxylation is 2. The molecule has 7 nitrogen and oxygen atoms in total. The number of carbonyl (C=O) groups excluding carboxylic acids is 2. The number of benzene rings is 1. The van der Waals surface area contributed by atoms with Gasteiger partial charge in [0.1, 0.15) is 5.69 Å². The molecule has 24 heavy (non-hydrogen) atoms. The van der Waals surface area contributed by atoms with Gasteiger partial charge in [0, 0.05) is 30.7 Å². The fourth-order valence-electron chi connectivity index (χ4n) is 2.41. The molecular formula is C16H16BrN5O2. The monoisotopic (exact) mass is 389 g/mol. The van der Waals surface area contributed by atoms with Gasteiger partial charge in [0.25, 0.3) is 5.91 Å². The number of amides is 2. The van der Waals surface area contributed by atoms with Gasteiger partial charge in [-0.1, -0.05) is 12.1 Å². The Labute approximate surface area is 146 Å². The maximum Gasteiger partial charge on any atom is 0.286 e. The number of carbonyl (C=O) groups is 2. The standard InChI is InChI=1S/C16H16BrN5O2/c1-21-9-11(17)8-14(21)16(24)20-19-15(23)6-7-22-10-18-12-4-2-3-5-13(12)22/h2-5,8-10H,6-7H2,1H3,(H,19,23)(H,20,24). The normalized spacial score (nSPS) is 10.8. The topological polar surface area (TPSA) is 81.0 Å². The van der Waals surface area contributed by atoms with Crippen molar-refractivity contribution in [1.82, 2.24) is 25.0 Å². The van der Waals surface area contributed by atoms with E-state index in [1.807, 2.05) is 28.8 Å². The zero-order chi connectivity index (χ0) is 17.1. The molecule has 124 valence electrons. The number of imidazole rings is 1. The Morgan fingerprint density at radius 3 is 2.79 bits per heavy atom. The van der Waals surface area contributed by atoms with E-state index in [4.69, 9.17) is 0 Å². The van der Waals surface area contributed by atoms with Crippen LogP contribution in [0.15, 0.2) is 47.3 Å². The van der Waals surface area contributed by atoms with Gasteiger partial charge in [-0.3, -0.25) is 20.4 Å². The van der Waals surface area contributed by atoms with Crippen molar-refractivity contribution in [3.05, 3.63) is 53.0 Å². The fraction of sp³-hybridized carbons (Fsp3) is 0.188. The van der Waals surface area contributed by atoms with Crippen molar-refractivity contribution in [2.45, 2.75) is 13.0 Å². The van der Waals surface area contributed by atoms with E-state index in [1.165, 1.54) is 0 Å². The van der Waals surface area contributed by atoms with Gasteiger partial charge in [-0.05, 0) is 34.1 Å². The Bertz CT molecular complexity index is 899. The Balaban J connectivity index is 1.53. The second-order valence-electron chi connectivity index (χ2n) is 5.33. The van der Waals surface area contributed by atoms with Crippen LogP contribution in [0.5, 0.6) is 0 Å². The number of aromatic nitrogens is 3. The number of para-hydroxylation sites is 2. The number of halogens is 1. The quantitative estimate of drug-likeness (QED) is 0.669. The molecule has 2 aromatic heterocycles. The zero-order valence-electron chi connectivity index (χ0n) is 13.0. The van der Waals surface area contributed by atoms with E-state index >= 15 is 0 Å². The first kappa shape index (κ1) is 16.3. The molecular weight excluding hydrogens is 374 g/mol. The second kappa shape index (κ2) is 6.88. The van der Waals surface area contributed by atoms with Crippen LogP contribution in [0.4, 0.5) is 0 Å². The van der Waals surface area contributed by atoms with Crippen molar-refractivity contribution in [3.63, 3.8) is 0 Å². The lowest BCUT2D eigenvalue weighted by atomic mass is 10.3. The molecule has 0 unspecified atom stereocenters. The number of nitrogens with one attached hydrogen (secondary N) is 2. The smallest absolute Gasteiger partial charge is 0.286 e. The van der Waals surface area contributed by atoms with Gasteiger partial charge in [0.15, 0.2) is 0 Å². The van der Waals surface area contributed by atoms with Gasteiger partial charge in [-0.2, -0.15) is 0 Å². The van der Waals surface area contributed by atoms with Gasteiger partial charge in [0.05, 0.1) is 17.4 Å². The summed E-state index contributed by atoms with van der Waals surface area (Å²) in [5, 5.41) is 0. The average molecular weight is 390 g/mol. The summed E-state index contributed by atoms with van der Waals surface area (Å²) in [4.78, 5) is 28.2. The highest BCUT2D eigenvalue weighted by molar-refractivity contribution is 9.10. The second-order valence-corrected chi connectivity index (χ2v) is 6.25.